The summed E-state index contributed by atoms with van der Waals surface area (Å²) in [5.74, 6) is 0.934. The van der Waals surface area contributed by atoms with Gasteiger partial charge in [-0.1, -0.05) is 6.07 Å². The van der Waals surface area contributed by atoms with Crippen LogP contribution in [0.15, 0.2) is 42.5 Å². The molecule has 0 saturated heterocycles. The molecule has 6 heteroatoms. The van der Waals surface area contributed by atoms with E-state index in [0.717, 1.165) is 23.2 Å². The second kappa shape index (κ2) is 4.87. The Morgan fingerprint density at radius 3 is 2.40 bits per heavy atom. The predicted octanol–water partition coefficient (Wildman–Crippen LogP) is 3.27. The summed E-state index contributed by atoms with van der Waals surface area (Å²) in [6.45, 7) is 0.486. The Morgan fingerprint density at radius 1 is 1.00 bits per heavy atom. The number of halogens is 3. The van der Waals surface area contributed by atoms with Crippen molar-refractivity contribution in [3.8, 4) is 11.5 Å². The molecule has 2 aromatic carbocycles. The maximum absolute atomic E-state index is 12.4. The first kappa shape index (κ1) is 13.1. The lowest BCUT2D eigenvalue weighted by molar-refractivity contribution is -0.137. The first-order valence-corrected chi connectivity index (χ1v) is 5.95. The second-order valence-corrected chi connectivity index (χ2v) is 4.41. The van der Waals surface area contributed by atoms with Crippen LogP contribution in [0.5, 0.6) is 11.5 Å². The molecule has 0 unspecified atom stereocenters. The van der Waals surface area contributed by atoms with Crippen molar-refractivity contribution in [3.05, 3.63) is 53.6 Å². The molecule has 0 spiro atoms. The van der Waals surface area contributed by atoms with Gasteiger partial charge < -0.3 is 9.39 Å². The molecule has 2 nitrogen and oxygen atoms in total. The monoisotopic (exact) mass is 277 g/mol. The lowest BCUT2D eigenvalue weighted by atomic mass is 9.87. The van der Waals surface area contributed by atoms with E-state index >= 15 is 0 Å². The Morgan fingerprint density at radius 2 is 1.70 bits per heavy atom. The normalized spacial score (nSPS) is 13.8. The van der Waals surface area contributed by atoms with Crippen molar-refractivity contribution in [3.63, 3.8) is 0 Å². The van der Waals surface area contributed by atoms with Crippen LogP contribution in [0.3, 0.4) is 0 Å². The van der Waals surface area contributed by atoms with Crippen molar-refractivity contribution in [2.45, 2.75) is 12.8 Å². The summed E-state index contributed by atoms with van der Waals surface area (Å²) >= 11 is 0. The van der Waals surface area contributed by atoms with Crippen LogP contribution in [0, 0.1) is 0 Å². The van der Waals surface area contributed by atoms with Crippen LogP contribution in [0.4, 0.5) is 13.2 Å². The molecule has 3 rings (SSSR count). The van der Waals surface area contributed by atoms with E-state index in [9.17, 15) is 13.2 Å². The minimum atomic E-state index is -4.33. The van der Waals surface area contributed by atoms with E-state index in [2.05, 4.69) is 0 Å². The first-order chi connectivity index (χ1) is 9.52. The van der Waals surface area contributed by atoms with Crippen LogP contribution in [0.1, 0.15) is 11.1 Å². The fourth-order valence-corrected chi connectivity index (χ4v) is 1.95. The summed E-state index contributed by atoms with van der Waals surface area (Å²) in [6.07, 6.45) is -4.33. The molecule has 0 saturated carbocycles. The van der Waals surface area contributed by atoms with Gasteiger partial charge in [-0.3, -0.25) is 0 Å². The molecule has 1 radical (unpaired) electrons. The Kier molecular flexibility index (Phi) is 3.18. The minimum absolute atomic E-state index is 0.362. The lowest BCUT2D eigenvalue weighted by Crippen LogP contribution is -2.10. The Labute approximate surface area is 114 Å². The highest BCUT2D eigenvalue weighted by molar-refractivity contribution is 6.48. The van der Waals surface area contributed by atoms with Gasteiger partial charge in [-0.15, -0.1) is 0 Å². The van der Waals surface area contributed by atoms with Crippen molar-refractivity contribution in [2.24, 2.45) is 0 Å². The standard InChI is InChI=1S/C14H9BF3O2/c16-14(17,18)10-1-3-11(4-2-10)20-12-5-6-13-9(7-12)8-19-15-13/h1-7H,8H2. The zero-order chi connectivity index (χ0) is 14.2. The number of rotatable bonds is 2. The summed E-state index contributed by atoms with van der Waals surface area (Å²) in [6, 6.07) is 10.0. The highest BCUT2D eigenvalue weighted by Gasteiger charge is 2.30. The highest BCUT2D eigenvalue weighted by atomic mass is 19.4. The van der Waals surface area contributed by atoms with Gasteiger partial charge in [0.25, 0.3) is 0 Å². The fourth-order valence-electron chi connectivity index (χ4n) is 1.95. The van der Waals surface area contributed by atoms with Crippen molar-refractivity contribution < 1.29 is 22.6 Å². The molecule has 1 aliphatic rings. The van der Waals surface area contributed by atoms with Gasteiger partial charge in [0.2, 0.25) is 0 Å². The molecule has 0 aliphatic carbocycles. The summed E-state index contributed by atoms with van der Waals surface area (Å²) in [5, 5.41) is 0. The van der Waals surface area contributed by atoms with Crippen LogP contribution < -0.4 is 10.2 Å². The van der Waals surface area contributed by atoms with Crippen molar-refractivity contribution in [2.75, 3.05) is 0 Å². The average molecular weight is 277 g/mol. The van der Waals surface area contributed by atoms with Gasteiger partial charge in [0.1, 0.15) is 11.5 Å². The van der Waals surface area contributed by atoms with Gasteiger partial charge in [0.05, 0.1) is 12.2 Å². The Balaban J connectivity index is 1.78. The molecule has 1 heterocycles. The van der Waals surface area contributed by atoms with E-state index in [1.54, 1.807) is 13.5 Å². The second-order valence-electron chi connectivity index (χ2n) is 4.41. The highest BCUT2D eigenvalue weighted by Crippen LogP contribution is 2.31. The van der Waals surface area contributed by atoms with E-state index in [1.165, 1.54) is 12.1 Å². The third-order valence-electron chi connectivity index (χ3n) is 2.98. The van der Waals surface area contributed by atoms with Crippen LogP contribution >= 0.6 is 0 Å². The molecule has 1 aliphatic heterocycles. The molecule has 101 valence electrons. The zero-order valence-electron chi connectivity index (χ0n) is 10.3. The largest absolute Gasteiger partial charge is 0.457 e. The van der Waals surface area contributed by atoms with E-state index in [1.807, 2.05) is 12.1 Å². The van der Waals surface area contributed by atoms with Crippen LogP contribution in [0.25, 0.3) is 0 Å². The SMILES string of the molecule is FC(F)(F)c1ccc(Oc2ccc3c(c2)CO[B]3)cc1. The van der Waals surface area contributed by atoms with Crippen LogP contribution in [0.2, 0.25) is 0 Å². The van der Waals surface area contributed by atoms with E-state index < -0.39 is 11.7 Å². The molecule has 0 aromatic heterocycles. The molecule has 2 aromatic rings. The van der Waals surface area contributed by atoms with E-state index in [0.29, 0.717) is 18.1 Å². The predicted molar refractivity (Wildman–Crippen MR) is 68.1 cm³/mol. The number of ether oxygens (including phenoxy) is 1. The molecule has 0 bridgehead atoms. The number of alkyl halides is 3. The van der Waals surface area contributed by atoms with Gasteiger partial charge in [0, 0.05) is 0 Å². The number of benzene rings is 2. The molecular formula is C14H9BF3O2. The summed E-state index contributed by atoms with van der Waals surface area (Å²) in [7, 11) is 1.66. The van der Waals surface area contributed by atoms with Crippen LogP contribution in [-0.2, 0) is 17.4 Å². The maximum Gasteiger partial charge on any atom is 0.416 e. The molecule has 0 atom stereocenters. The third-order valence-corrected chi connectivity index (χ3v) is 2.98. The van der Waals surface area contributed by atoms with Crippen molar-refractivity contribution in [1.29, 1.82) is 0 Å². The zero-order valence-corrected chi connectivity index (χ0v) is 10.3. The van der Waals surface area contributed by atoms with E-state index in [4.69, 9.17) is 9.39 Å². The van der Waals surface area contributed by atoms with Gasteiger partial charge in [-0.05, 0) is 47.4 Å². The summed E-state index contributed by atoms with van der Waals surface area (Å²) in [5.41, 5.74) is 1.29. The summed E-state index contributed by atoms with van der Waals surface area (Å²) in [4.78, 5) is 0. The van der Waals surface area contributed by atoms with Crippen LogP contribution in [-0.4, -0.2) is 7.48 Å². The Bertz CT molecular complexity index is 623. The number of fused-ring (bicyclic) bond motifs is 1. The molecule has 0 amide bonds. The van der Waals surface area contributed by atoms with E-state index in [-0.39, 0.29) is 0 Å². The van der Waals surface area contributed by atoms with Crippen molar-refractivity contribution >= 4 is 12.9 Å². The molecule has 0 N–H and O–H groups in total. The minimum Gasteiger partial charge on any atom is -0.457 e. The van der Waals surface area contributed by atoms with Gasteiger partial charge in [0.15, 0.2) is 0 Å². The van der Waals surface area contributed by atoms with Gasteiger partial charge >= 0.3 is 13.7 Å². The van der Waals surface area contributed by atoms with Gasteiger partial charge in [-0.2, -0.15) is 13.2 Å². The quantitative estimate of drug-likeness (QED) is 0.784. The van der Waals surface area contributed by atoms with Gasteiger partial charge in [-0.25, -0.2) is 0 Å². The first-order valence-electron chi connectivity index (χ1n) is 5.95. The summed E-state index contributed by atoms with van der Waals surface area (Å²) < 4.78 is 48.0. The van der Waals surface area contributed by atoms with Crippen molar-refractivity contribution in [1.82, 2.24) is 0 Å². The Hall–Kier alpha value is -1.95. The lowest BCUT2D eigenvalue weighted by Gasteiger charge is -2.09. The molecule has 0 fully saturated rings. The maximum atomic E-state index is 12.4. The number of hydrogen-bond acceptors (Lipinski definition) is 2. The third kappa shape index (κ3) is 2.65. The number of hydrogen-bond donors (Lipinski definition) is 0. The fraction of sp³-hybridized carbons (Fsp3) is 0.143. The molecule has 20 heavy (non-hydrogen) atoms. The molecular weight excluding hydrogens is 268 g/mol. The smallest absolute Gasteiger partial charge is 0.416 e. The topological polar surface area (TPSA) is 18.5 Å². The average Bonchev–Trinajstić information content (AvgIpc) is 2.86.